The molecule has 1 amide bonds. The van der Waals surface area contributed by atoms with Gasteiger partial charge >= 0.3 is 6.09 Å². The molecule has 0 radical (unpaired) electrons. The van der Waals surface area contributed by atoms with E-state index < -0.39 is 11.9 Å². The summed E-state index contributed by atoms with van der Waals surface area (Å²) in [5.41, 5.74) is 5.47. The van der Waals surface area contributed by atoms with Crippen LogP contribution in [0.4, 0.5) is 9.18 Å². The van der Waals surface area contributed by atoms with Crippen LogP contribution in [0.1, 0.15) is 26.3 Å². The molecule has 4 heteroatoms. The number of rotatable bonds is 1. The van der Waals surface area contributed by atoms with E-state index in [4.69, 9.17) is 5.73 Å². The highest BCUT2D eigenvalue weighted by molar-refractivity contribution is 5.68. The molecule has 0 aliphatic rings. The number of nitrogens with two attached hydrogens (primary N) is 1. The standard InChI is InChI=1S/C11H14FNO2/c1-11(2,3)7-4-5-9(8(12)6-7)15-10(13)14/h4-6H,1-3H3,(H2,13,14). The molecule has 0 atom stereocenters. The van der Waals surface area contributed by atoms with Gasteiger partial charge in [0.1, 0.15) is 0 Å². The molecule has 1 aromatic carbocycles. The Morgan fingerprint density at radius 3 is 2.40 bits per heavy atom. The Labute approximate surface area is 88.0 Å². The lowest BCUT2D eigenvalue weighted by Gasteiger charge is -2.19. The molecule has 0 saturated heterocycles. The smallest absolute Gasteiger partial charge is 0.407 e. The van der Waals surface area contributed by atoms with Gasteiger partial charge in [-0.2, -0.15) is 0 Å². The average molecular weight is 211 g/mol. The van der Waals surface area contributed by atoms with Crippen molar-refractivity contribution in [2.45, 2.75) is 26.2 Å². The normalized spacial score (nSPS) is 11.2. The van der Waals surface area contributed by atoms with E-state index in [0.29, 0.717) is 0 Å². The summed E-state index contributed by atoms with van der Waals surface area (Å²) in [7, 11) is 0. The van der Waals surface area contributed by atoms with Crippen LogP contribution >= 0.6 is 0 Å². The summed E-state index contributed by atoms with van der Waals surface area (Å²) in [5.74, 6) is -0.725. The van der Waals surface area contributed by atoms with Gasteiger partial charge in [-0.25, -0.2) is 9.18 Å². The SMILES string of the molecule is CC(C)(C)c1ccc(OC(N)=O)c(F)c1. The maximum absolute atomic E-state index is 13.4. The number of carbonyl (C=O) groups excluding carboxylic acids is 1. The fourth-order valence-electron chi connectivity index (χ4n) is 1.16. The van der Waals surface area contributed by atoms with Gasteiger partial charge in [0.15, 0.2) is 11.6 Å². The third-order valence-electron chi connectivity index (χ3n) is 2.01. The molecule has 0 aliphatic heterocycles. The molecule has 15 heavy (non-hydrogen) atoms. The number of ether oxygens (including phenoxy) is 1. The number of primary amides is 1. The van der Waals surface area contributed by atoms with Crippen molar-refractivity contribution in [3.8, 4) is 5.75 Å². The predicted octanol–water partition coefficient (Wildman–Crippen LogP) is 2.58. The molecule has 1 aromatic rings. The molecule has 0 unspecified atom stereocenters. The first-order chi connectivity index (χ1) is 6.80. The van der Waals surface area contributed by atoms with Crippen molar-refractivity contribution in [1.82, 2.24) is 0 Å². The third-order valence-corrected chi connectivity index (χ3v) is 2.01. The molecule has 0 bridgehead atoms. The first-order valence-electron chi connectivity index (χ1n) is 4.58. The van der Waals surface area contributed by atoms with Crippen molar-refractivity contribution in [3.63, 3.8) is 0 Å². The molecule has 0 spiro atoms. The van der Waals surface area contributed by atoms with Gasteiger partial charge in [-0.15, -0.1) is 0 Å². The van der Waals surface area contributed by atoms with Crippen molar-refractivity contribution in [2.75, 3.05) is 0 Å². The van der Waals surface area contributed by atoms with E-state index in [1.165, 1.54) is 12.1 Å². The van der Waals surface area contributed by atoms with Crippen LogP contribution in [0.15, 0.2) is 18.2 Å². The van der Waals surface area contributed by atoms with E-state index in [2.05, 4.69) is 4.74 Å². The first kappa shape index (κ1) is 11.5. The predicted molar refractivity (Wildman–Crippen MR) is 55.3 cm³/mol. The highest BCUT2D eigenvalue weighted by Gasteiger charge is 2.16. The second kappa shape index (κ2) is 3.88. The van der Waals surface area contributed by atoms with Gasteiger partial charge in [0, 0.05) is 0 Å². The van der Waals surface area contributed by atoms with Gasteiger partial charge in [-0.1, -0.05) is 26.8 Å². The summed E-state index contributed by atoms with van der Waals surface area (Å²) in [5, 5.41) is 0. The Balaban J connectivity index is 3.03. The molecule has 82 valence electrons. The van der Waals surface area contributed by atoms with Crippen LogP contribution in [0.3, 0.4) is 0 Å². The zero-order chi connectivity index (χ0) is 11.6. The van der Waals surface area contributed by atoms with Gasteiger partial charge in [-0.05, 0) is 23.1 Å². The van der Waals surface area contributed by atoms with Crippen LogP contribution in [0, 0.1) is 5.82 Å². The Morgan fingerprint density at radius 2 is 2.00 bits per heavy atom. The highest BCUT2D eigenvalue weighted by atomic mass is 19.1. The molecule has 0 aromatic heterocycles. The second-order valence-electron chi connectivity index (χ2n) is 4.32. The van der Waals surface area contributed by atoms with Crippen molar-refractivity contribution in [3.05, 3.63) is 29.6 Å². The summed E-state index contributed by atoms with van der Waals surface area (Å²) in [4.78, 5) is 10.4. The van der Waals surface area contributed by atoms with Gasteiger partial charge in [0.2, 0.25) is 0 Å². The number of halogens is 1. The van der Waals surface area contributed by atoms with Crippen LogP contribution in [-0.4, -0.2) is 6.09 Å². The number of benzene rings is 1. The minimum atomic E-state index is -1.02. The Hall–Kier alpha value is -1.58. The maximum atomic E-state index is 13.4. The molecule has 2 N–H and O–H groups in total. The van der Waals surface area contributed by atoms with Crippen molar-refractivity contribution in [2.24, 2.45) is 5.73 Å². The largest absolute Gasteiger partial charge is 0.410 e. The van der Waals surface area contributed by atoms with E-state index in [1.807, 2.05) is 20.8 Å². The van der Waals surface area contributed by atoms with Crippen LogP contribution < -0.4 is 10.5 Å². The fraction of sp³-hybridized carbons (Fsp3) is 0.364. The van der Waals surface area contributed by atoms with Crippen LogP contribution in [-0.2, 0) is 5.41 Å². The van der Waals surface area contributed by atoms with Gasteiger partial charge in [0.05, 0.1) is 0 Å². The van der Waals surface area contributed by atoms with E-state index in [9.17, 15) is 9.18 Å². The van der Waals surface area contributed by atoms with Crippen molar-refractivity contribution in [1.29, 1.82) is 0 Å². The molecule has 3 nitrogen and oxygen atoms in total. The average Bonchev–Trinajstić information content (AvgIpc) is 2.05. The monoisotopic (exact) mass is 211 g/mol. The summed E-state index contributed by atoms with van der Waals surface area (Å²) < 4.78 is 17.9. The summed E-state index contributed by atoms with van der Waals surface area (Å²) in [6.07, 6.45) is -1.02. The summed E-state index contributed by atoms with van der Waals surface area (Å²) in [6, 6.07) is 4.46. The Kier molecular flexibility index (Phi) is 2.98. The van der Waals surface area contributed by atoms with Gasteiger partial charge in [-0.3, -0.25) is 0 Å². The number of hydrogen-bond donors (Lipinski definition) is 1. The lowest BCUT2D eigenvalue weighted by atomic mass is 9.87. The number of carbonyl (C=O) groups is 1. The second-order valence-corrected chi connectivity index (χ2v) is 4.32. The number of hydrogen-bond acceptors (Lipinski definition) is 2. The van der Waals surface area contributed by atoms with E-state index in [-0.39, 0.29) is 11.2 Å². The van der Waals surface area contributed by atoms with Crippen LogP contribution in [0.5, 0.6) is 5.75 Å². The molecular formula is C11H14FNO2. The molecule has 0 fully saturated rings. The molecule has 0 saturated carbocycles. The number of amides is 1. The summed E-state index contributed by atoms with van der Waals surface area (Å²) >= 11 is 0. The minimum Gasteiger partial charge on any atom is -0.407 e. The lowest BCUT2D eigenvalue weighted by molar-refractivity contribution is 0.208. The lowest BCUT2D eigenvalue weighted by Crippen LogP contribution is -2.17. The highest BCUT2D eigenvalue weighted by Crippen LogP contribution is 2.26. The zero-order valence-electron chi connectivity index (χ0n) is 9.00. The van der Waals surface area contributed by atoms with E-state index in [0.717, 1.165) is 5.56 Å². The minimum absolute atomic E-state index is 0.143. The van der Waals surface area contributed by atoms with Gasteiger partial charge < -0.3 is 10.5 Å². The molecule has 0 aliphatic carbocycles. The first-order valence-corrected chi connectivity index (χ1v) is 4.58. The van der Waals surface area contributed by atoms with Crippen LogP contribution in [0.2, 0.25) is 0 Å². The molecule has 0 heterocycles. The van der Waals surface area contributed by atoms with Crippen LogP contribution in [0.25, 0.3) is 0 Å². The topological polar surface area (TPSA) is 52.3 Å². The van der Waals surface area contributed by atoms with E-state index >= 15 is 0 Å². The molecular weight excluding hydrogens is 197 g/mol. The Morgan fingerprint density at radius 1 is 1.40 bits per heavy atom. The fourth-order valence-corrected chi connectivity index (χ4v) is 1.16. The maximum Gasteiger partial charge on any atom is 0.410 e. The molecule has 1 rings (SSSR count). The van der Waals surface area contributed by atoms with Crippen molar-refractivity contribution < 1.29 is 13.9 Å². The van der Waals surface area contributed by atoms with E-state index in [1.54, 1.807) is 6.07 Å². The Bertz CT molecular complexity index is 383. The summed E-state index contributed by atoms with van der Waals surface area (Å²) in [6.45, 7) is 5.91. The third kappa shape index (κ3) is 2.94. The van der Waals surface area contributed by atoms with Gasteiger partial charge in [0.25, 0.3) is 0 Å². The van der Waals surface area contributed by atoms with Crippen molar-refractivity contribution >= 4 is 6.09 Å². The zero-order valence-corrected chi connectivity index (χ0v) is 9.00. The quantitative estimate of drug-likeness (QED) is 0.776.